The molecule has 0 bridgehead atoms. The van der Waals surface area contributed by atoms with Crippen LogP contribution in [0.2, 0.25) is 0 Å². The molecule has 1 aliphatic heterocycles. The average molecular weight is 659 g/mol. The van der Waals surface area contributed by atoms with Gasteiger partial charge in [0.05, 0.1) is 17.5 Å². The van der Waals surface area contributed by atoms with Crippen LogP contribution in [0.1, 0.15) is 75.9 Å². The summed E-state index contributed by atoms with van der Waals surface area (Å²) in [6.45, 7) is 2.70. The fraction of sp³-hybridized carbons (Fsp3) is 0.429. The van der Waals surface area contributed by atoms with E-state index < -0.39 is 28.0 Å². The Morgan fingerprint density at radius 1 is 0.894 bits per heavy atom. The average Bonchev–Trinajstić information content (AvgIpc) is 3.55. The second kappa shape index (κ2) is 14.2. The van der Waals surface area contributed by atoms with Crippen molar-refractivity contribution < 1.29 is 22.7 Å². The zero-order valence-corrected chi connectivity index (χ0v) is 27.7. The molecule has 1 aromatic heterocycles. The molecule has 2 heterocycles. The second-order valence-electron chi connectivity index (χ2n) is 12.4. The van der Waals surface area contributed by atoms with Gasteiger partial charge in [0, 0.05) is 24.8 Å². The first-order valence-electron chi connectivity index (χ1n) is 16.5. The van der Waals surface area contributed by atoms with Crippen LogP contribution in [0.25, 0.3) is 11.0 Å². The summed E-state index contributed by atoms with van der Waals surface area (Å²) < 4.78 is 35.4. The van der Waals surface area contributed by atoms with Crippen LogP contribution in [0.5, 0.6) is 5.75 Å². The third kappa shape index (κ3) is 6.89. The molecule has 2 atom stereocenters. The Labute approximate surface area is 275 Å². The van der Waals surface area contributed by atoms with Gasteiger partial charge in [0.15, 0.2) is 0 Å². The number of anilines is 1. The van der Waals surface area contributed by atoms with E-state index in [2.05, 4.69) is 15.6 Å². The molecule has 12 heteroatoms. The van der Waals surface area contributed by atoms with Crippen molar-refractivity contribution >= 4 is 38.6 Å². The number of nitrogens with one attached hydrogen (secondary N) is 1. The molecule has 0 unspecified atom stereocenters. The lowest BCUT2D eigenvalue weighted by Crippen LogP contribution is -2.49. The van der Waals surface area contributed by atoms with E-state index in [4.69, 9.17) is 4.74 Å². The molecule has 2 aliphatic rings. The Balaban J connectivity index is 1.43. The topological polar surface area (TPSA) is 127 Å². The largest absolute Gasteiger partial charge is 0.497 e. The molecule has 1 N–H and O–H groups in total. The first kappa shape index (κ1) is 32.6. The molecule has 1 saturated carbocycles. The SMILES string of the molecule is COc1ccc([C@@H](C(=O)NC2CCCCC2)N(C(=O)[C@@H](C)n2nnc3ccccc32)c2ccc(S(=O)(=O)N3CCCCC3)cc2)cc1. The Hall–Kier alpha value is -4.29. The number of ether oxygens (including phenoxy) is 1. The fourth-order valence-corrected chi connectivity index (χ4v) is 8.16. The lowest BCUT2D eigenvalue weighted by atomic mass is 9.94. The van der Waals surface area contributed by atoms with Gasteiger partial charge in [0.1, 0.15) is 23.3 Å². The number of aromatic nitrogens is 3. The van der Waals surface area contributed by atoms with E-state index >= 15 is 0 Å². The number of fused-ring (bicyclic) bond motifs is 1. The summed E-state index contributed by atoms with van der Waals surface area (Å²) in [5.41, 5.74) is 2.31. The van der Waals surface area contributed by atoms with Crippen molar-refractivity contribution in [3.8, 4) is 5.75 Å². The zero-order valence-electron chi connectivity index (χ0n) is 26.9. The highest BCUT2D eigenvalue weighted by molar-refractivity contribution is 7.89. The van der Waals surface area contributed by atoms with Gasteiger partial charge in [-0.25, -0.2) is 13.1 Å². The van der Waals surface area contributed by atoms with Gasteiger partial charge in [0.2, 0.25) is 15.9 Å². The van der Waals surface area contributed by atoms with Gasteiger partial charge < -0.3 is 10.1 Å². The Morgan fingerprint density at radius 3 is 2.23 bits per heavy atom. The predicted molar refractivity (Wildman–Crippen MR) is 180 cm³/mol. The first-order chi connectivity index (χ1) is 22.8. The number of piperidine rings is 1. The molecule has 0 radical (unpaired) electrons. The molecular weight excluding hydrogens is 616 g/mol. The number of carbonyl (C=O) groups is 2. The standard InChI is InChI=1S/C35H42N6O5S/c1-25(41-32-14-8-7-13-31(32)37-38-41)35(43)40(28-17-21-30(22-18-28)47(44,45)39-23-9-4-10-24-39)33(26-15-19-29(46-2)20-16-26)34(42)36-27-11-5-3-6-12-27/h7-8,13-22,25,27,33H,3-6,9-12,23-24H2,1-2H3,(H,36,42)/t25-,33+/m1/s1. The van der Waals surface area contributed by atoms with Gasteiger partial charge in [0.25, 0.3) is 5.91 Å². The number of benzene rings is 3. The molecular formula is C35H42N6O5S. The highest BCUT2D eigenvalue weighted by Gasteiger charge is 2.37. The number of methoxy groups -OCH3 is 1. The number of hydrogen-bond acceptors (Lipinski definition) is 7. The minimum absolute atomic E-state index is 0.00250. The predicted octanol–water partition coefficient (Wildman–Crippen LogP) is 5.40. The van der Waals surface area contributed by atoms with Gasteiger partial charge in [-0.3, -0.25) is 14.5 Å². The van der Waals surface area contributed by atoms with E-state index in [9.17, 15) is 18.0 Å². The number of amides is 2. The Morgan fingerprint density at radius 2 is 1.55 bits per heavy atom. The summed E-state index contributed by atoms with van der Waals surface area (Å²) in [6.07, 6.45) is 7.61. The van der Waals surface area contributed by atoms with Gasteiger partial charge in [-0.2, -0.15) is 4.31 Å². The van der Waals surface area contributed by atoms with Crippen LogP contribution in [0.4, 0.5) is 5.69 Å². The van der Waals surface area contributed by atoms with E-state index in [-0.39, 0.29) is 16.8 Å². The smallest absolute Gasteiger partial charge is 0.252 e. The monoisotopic (exact) mass is 658 g/mol. The van der Waals surface area contributed by atoms with Crippen molar-refractivity contribution in [2.24, 2.45) is 0 Å². The van der Waals surface area contributed by atoms with Crippen molar-refractivity contribution in [2.45, 2.75) is 81.3 Å². The van der Waals surface area contributed by atoms with Gasteiger partial charge in [-0.1, -0.05) is 55.2 Å². The number of carbonyl (C=O) groups excluding carboxylic acids is 2. The lowest BCUT2D eigenvalue weighted by Gasteiger charge is -2.35. The summed E-state index contributed by atoms with van der Waals surface area (Å²) in [5.74, 6) is -0.0872. The molecule has 47 heavy (non-hydrogen) atoms. The maximum absolute atomic E-state index is 14.8. The van der Waals surface area contributed by atoms with Crippen molar-refractivity contribution in [3.05, 3.63) is 78.4 Å². The number of nitrogens with zero attached hydrogens (tertiary/aromatic N) is 5. The van der Waals surface area contributed by atoms with Crippen LogP contribution >= 0.6 is 0 Å². The third-order valence-electron chi connectivity index (χ3n) is 9.30. The van der Waals surface area contributed by atoms with Crippen LogP contribution in [0.15, 0.2) is 77.7 Å². The maximum atomic E-state index is 14.8. The van der Waals surface area contributed by atoms with Crippen molar-refractivity contribution in [2.75, 3.05) is 25.1 Å². The summed E-state index contributed by atoms with van der Waals surface area (Å²) in [7, 11) is -2.13. The maximum Gasteiger partial charge on any atom is 0.252 e. The molecule has 2 fully saturated rings. The van der Waals surface area contributed by atoms with Crippen molar-refractivity contribution in [3.63, 3.8) is 0 Å². The van der Waals surface area contributed by atoms with E-state index in [1.165, 1.54) is 21.3 Å². The molecule has 1 aliphatic carbocycles. The first-order valence-corrected chi connectivity index (χ1v) is 17.9. The molecule has 11 nitrogen and oxygen atoms in total. The molecule has 4 aromatic rings. The van der Waals surface area contributed by atoms with E-state index in [1.54, 1.807) is 55.1 Å². The van der Waals surface area contributed by atoms with Crippen molar-refractivity contribution in [1.29, 1.82) is 0 Å². The highest BCUT2D eigenvalue weighted by Crippen LogP contribution is 2.34. The van der Waals surface area contributed by atoms with Crippen LogP contribution in [-0.4, -0.2) is 65.8 Å². The van der Waals surface area contributed by atoms with Gasteiger partial charge >= 0.3 is 0 Å². The minimum Gasteiger partial charge on any atom is -0.497 e. The summed E-state index contributed by atoms with van der Waals surface area (Å²) >= 11 is 0. The fourth-order valence-electron chi connectivity index (χ4n) is 6.65. The lowest BCUT2D eigenvalue weighted by molar-refractivity contribution is -0.128. The zero-order chi connectivity index (χ0) is 33.0. The summed E-state index contributed by atoms with van der Waals surface area (Å²) in [4.78, 5) is 30.7. The third-order valence-corrected chi connectivity index (χ3v) is 11.2. The van der Waals surface area contributed by atoms with E-state index in [1.807, 2.05) is 24.3 Å². The van der Waals surface area contributed by atoms with Crippen LogP contribution in [0.3, 0.4) is 0 Å². The molecule has 248 valence electrons. The molecule has 3 aromatic carbocycles. The van der Waals surface area contributed by atoms with Gasteiger partial charge in [-0.15, -0.1) is 5.10 Å². The highest BCUT2D eigenvalue weighted by atomic mass is 32.2. The molecule has 6 rings (SSSR count). The molecule has 0 spiro atoms. The van der Waals surface area contributed by atoms with Crippen LogP contribution in [-0.2, 0) is 19.6 Å². The summed E-state index contributed by atoms with van der Waals surface area (Å²) in [5, 5.41) is 11.8. The molecule has 2 amide bonds. The van der Waals surface area contributed by atoms with Gasteiger partial charge in [-0.05, 0) is 86.7 Å². The minimum atomic E-state index is -3.70. The second-order valence-corrected chi connectivity index (χ2v) is 14.3. The Kier molecular flexibility index (Phi) is 9.88. The molecule has 1 saturated heterocycles. The van der Waals surface area contributed by atoms with Crippen molar-refractivity contribution in [1.82, 2.24) is 24.6 Å². The number of hydrogen-bond donors (Lipinski definition) is 1. The summed E-state index contributed by atoms with van der Waals surface area (Å²) in [6, 6.07) is 18.9. The quantitative estimate of drug-likeness (QED) is 0.242. The van der Waals surface area contributed by atoms with Crippen LogP contribution in [0, 0.1) is 0 Å². The van der Waals surface area contributed by atoms with Crippen LogP contribution < -0.4 is 15.0 Å². The van der Waals surface area contributed by atoms with E-state index in [0.717, 1.165) is 51.4 Å². The number of sulfonamides is 1. The normalized spacial score (nSPS) is 17.6. The number of rotatable bonds is 10. The van der Waals surface area contributed by atoms with E-state index in [0.29, 0.717) is 41.1 Å². The number of para-hydroxylation sites is 1. The Bertz CT molecular complexity index is 1800.